The zero-order valence-corrected chi connectivity index (χ0v) is 14.6. The number of hydrogen-bond acceptors (Lipinski definition) is 3. The first-order valence-corrected chi connectivity index (χ1v) is 8.49. The van der Waals surface area contributed by atoms with E-state index in [0.717, 1.165) is 11.1 Å². The molecule has 4 nitrogen and oxygen atoms in total. The van der Waals surface area contributed by atoms with Crippen molar-refractivity contribution in [2.24, 2.45) is 0 Å². The van der Waals surface area contributed by atoms with Gasteiger partial charge in [-0.05, 0) is 48.9 Å². The van der Waals surface area contributed by atoms with E-state index in [2.05, 4.69) is 15.3 Å². The van der Waals surface area contributed by atoms with Crippen LogP contribution in [0.3, 0.4) is 0 Å². The average Bonchev–Trinajstić information content (AvgIpc) is 2.70. The summed E-state index contributed by atoms with van der Waals surface area (Å²) in [5.41, 5.74) is 3.50. The molecule has 0 unspecified atom stereocenters. The van der Waals surface area contributed by atoms with Gasteiger partial charge in [-0.15, -0.1) is 0 Å². The summed E-state index contributed by atoms with van der Waals surface area (Å²) in [6.07, 6.45) is 3.37. The van der Waals surface area contributed by atoms with Gasteiger partial charge in [0.1, 0.15) is 5.82 Å². The van der Waals surface area contributed by atoms with Gasteiger partial charge in [0.25, 0.3) is 5.91 Å². The second-order valence-electron chi connectivity index (χ2n) is 6.25. The maximum Gasteiger partial charge on any atom is 0.256 e. The first kappa shape index (κ1) is 16.8. The standard InChI is InChI=1S/C22H16FN3O/c1-14-8-9-20(18(23)11-14)26-22(27)17-12-21(15-5-4-10-24-13-15)25-19-7-3-2-6-16(17)19/h2-13H,1H3,(H,26,27). The van der Waals surface area contributed by atoms with E-state index in [0.29, 0.717) is 22.2 Å². The van der Waals surface area contributed by atoms with Crippen molar-refractivity contribution >= 4 is 22.5 Å². The summed E-state index contributed by atoms with van der Waals surface area (Å²) in [6, 6.07) is 17.5. The predicted molar refractivity (Wildman–Crippen MR) is 104 cm³/mol. The molecule has 0 saturated heterocycles. The molecule has 0 aliphatic heterocycles. The zero-order valence-electron chi connectivity index (χ0n) is 14.6. The number of para-hydroxylation sites is 1. The number of aryl methyl sites for hydroxylation is 1. The number of nitrogens with one attached hydrogen (secondary N) is 1. The van der Waals surface area contributed by atoms with Crippen molar-refractivity contribution in [2.45, 2.75) is 6.92 Å². The van der Waals surface area contributed by atoms with Gasteiger partial charge in [-0.2, -0.15) is 0 Å². The van der Waals surface area contributed by atoms with E-state index < -0.39 is 5.82 Å². The van der Waals surface area contributed by atoms with E-state index in [-0.39, 0.29) is 11.6 Å². The Kier molecular flexibility index (Phi) is 4.34. The van der Waals surface area contributed by atoms with Crippen molar-refractivity contribution < 1.29 is 9.18 Å². The van der Waals surface area contributed by atoms with E-state index in [1.54, 1.807) is 37.5 Å². The summed E-state index contributed by atoms with van der Waals surface area (Å²) < 4.78 is 14.1. The predicted octanol–water partition coefficient (Wildman–Crippen LogP) is 5.00. The molecule has 27 heavy (non-hydrogen) atoms. The van der Waals surface area contributed by atoms with Crippen molar-refractivity contribution in [3.8, 4) is 11.3 Å². The van der Waals surface area contributed by atoms with E-state index in [1.165, 1.54) is 6.07 Å². The van der Waals surface area contributed by atoms with E-state index in [9.17, 15) is 9.18 Å². The van der Waals surface area contributed by atoms with Crippen LogP contribution in [0.5, 0.6) is 0 Å². The summed E-state index contributed by atoms with van der Waals surface area (Å²) in [5, 5.41) is 3.37. The Morgan fingerprint density at radius 1 is 1.04 bits per heavy atom. The number of pyridine rings is 2. The van der Waals surface area contributed by atoms with Crippen LogP contribution in [-0.2, 0) is 0 Å². The van der Waals surface area contributed by atoms with Crippen molar-refractivity contribution in [1.29, 1.82) is 0 Å². The van der Waals surface area contributed by atoms with Crippen LogP contribution in [-0.4, -0.2) is 15.9 Å². The number of rotatable bonds is 3. The minimum Gasteiger partial charge on any atom is -0.319 e. The molecule has 0 aliphatic rings. The average molecular weight is 357 g/mol. The Morgan fingerprint density at radius 3 is 2.67 bits per heavy atom. The molecule has 1 N–H and O–H groups in total. The first-order valence-electron chi connectivity index (χ1n) is 8.49. The molecule has 4 aromatic rings. The summed E-state index contributed by atoms with van der Waals surface area (Å²) in [5.74, 6) is -0.851. The van der Waals surface area contributed by atoms with Gasteiger partial charge in [0, 0.05) is 23.3 Å². The van der Waals surface area contributed by atoms with Crippen molar-refractivity contribution in [2.75, 3.05) is 5.32 Å². The highest BCUT2D eigenvalue weighted by molar-refractivity contribution is 6.13. The number of hydrogen-bond donors (Lipinski definition) is 1. The van der Waals surface area contributed by atoms with Gasteiger partial charge in [0.05, 0.1) is 22.5 Å². The highest BCUT2D eigenvalue weighted by Crippen LogP contribution is 2.25. The quantitative estimate of drug-likeness (QED) is 0.561. The molecule has 1 amide bonds. The van der Waals surface area contributed by atoms with Crippen LogP contribution in [0.2, 0.25) is 0 Å². The Morgan fingerprint density at radius 2 is 1.89 bits per heavy atom. The third-order valence-electron chi connectivity index (χ3n) is 4.29. The Balaban J connectivity index is 1.81. The van der Waals surface area contributed by atoms with E-state index in [4.69, 9.17) is 0 Å². The molecule has 0 bridgehead atoms. The smallest absolute Gasteiger partial charge is 0.256 e. The zero-order chi connectivity index (χ0) is 18.8. The van der Waals surface area contributed by atoms with Gasteiger partial charge >= 0.3 is 0 Å². The second-order valence-corrected chi connectivity index (χ2v) is 6.25. The Bertz CT molecular complexity index is 1140. The normalized spacial score (nSPS) is 10.7. The summed E-state index contributed by atoms with van der Waals surface area (Å²) in [4.78, 5) is 21.7. The number of benzene rings is 2. The fraction of sp³-hybridized carbons (Fsp3) is 0.0455. The van der Waals surface area contributed by atoms with Crippen LogP contribution in [0.25, 0.3) is 22.2 Å². The van der Waals surface area contributed by atoms with Crippen LogP contribution >= 0.6 is 0 Å². The van der Waals surface area contributed by atoms with Crippen molar-refractivity contribution in [3.05, 3.63) is 90.0 Å². The number of amides is 1. The van der Waals surface area contributed by atoms with Gasteiger partial charge < -0.3 is 5.32 Å². The Labute approximate surface area is 155 Å². The highest BCUT2D eigenvalue weighted by Gasteiger charge is 2.15. The van der Waals surface area contributed by atoms with E-state index >= 15 is 0 Å². The molecule has 5 heteroatoms. The molecule has 2 heterocycles. The van der Waals surface area contributed by atoms with Gasteiger partial charge in [0.2, 0.25) is 0 Å². The molecule has 4 rings (SSSR count). The summed E-state index contributed by atoms with van der Waals surface area (Å²) in [7, 11) is 0. The molecular formula is C22H16FN3O. The molecule has 0 fully saturated rings. The maximum atomic E-state index is 14.1. The molecule has 0 aliphatic carbocycles. The minimum absolute atomic E-state index is 0.148. The fourth-order valence-corrected chi connectivity index (χ4v) is 2.94. The van der Waals surface area contributed by atoms with Crippen molar-refractivity contribution in [3.63, 3.8) is 0 Å². The van der Waals surface area contributed by atoms with Crippen LogP contribution in [0.4, 0.5) is 10.1 Å². The molecule has 0 saturated carbocycles. The minimum atomic E-state index is -0.464. The number of carbonyl (C=O) groups is 1. The highest BCUT2D eigenvalue weighted by atomic mass is 19.1. The fourth-order valence-electron chi connectivity index (χ4n) is 2.94. The number of halogens is 1. The van der Waals surface area contributed by atoms with Crippen LogP contribution in [0, 0.1) is 12.7 Å². The number of nitrogens with zero attached hydrogens (tertiary/aromatic N) is 2. The molecule has 0 spiro atoms. The third kappa shape index (κ3) is 3.40. The first-order chi connectivity index (χ1) is 13.1. The lowest BCUT2D eigenvalue weighted by Gasteiger charge is -2.11. The monoisotopic (exact) mass is 357 g/mol. The Hall–Kier alpha value is -3.60. The molecule has 2 aromatic heterocycles. The van der Waals surface area contributed by atoms with Gasteiger partial charge in [0.15, 0.2) is 0 Å². The maximum absolute atomic E-state index is 14.1. The van der Waals surface area contributed by atoms with Crippen LogP contribution in [0.15, 0.2) is 73.1 Å². The molecule has 0 atom stereocenters. The van der Waals surface area contributed by atoms with Crippen LogP contribution in [0.1, 0.15) is 15.9 Å². The van der Waals surface area contributed by atoms with Gasteiger partial charge in [-0.3, -0.25) is 9.78 Å². The second kappa shape index (κ2) is 6.96. The number of aromatic nitrogens is 2. The lowest BCUT2D eigenvalue weighted by molar-refractivity contribution is 0.102. The number of fused-ring (bicyclic) bond motifs is 1. The number of carbonyl (C=O) groups excluding carboxylic acids is 1. The largest absolute Gasteiger partial charge is 0.319 e. The molecule has 132 valence electrons. The molecular weight excluding hydrogens is 341 g/mol. The topological polar surface area (TPSA) is 54.9 Å². The summed E-state index contributed by atoms with van der Waals surface area (Å²) >= 11 is 0. The molecule has 0 radical (unpaired) electrons. The van der Waals surface area contributed by atoms with Crippen molar-refractivity contribution in [1.82, 2.24) is 9.97 Å². The van der Waals surface area contributed by atoms with Gasteiger partial charge in [-0.25, -0.2) is 9.37 Å². The lowest BCUT2D eigenvalue weighted by atomic mass is 10.0. The van der Waals surface area contributed by atoms with Crippen LogP contribution < -0.4 is 5.32 Å². The SMILES string of the molecule is Cc1ccc(NC(=O)c2cc(-c3cccnc3)nc3ccccc23)c(F)c1. The summed E-state index contributed by atoms with van der Waals surface area (Å²) in [6.45, 7) is 1.80. The molecule has 2 aromatic carbocycles. The third-order valence-corrected chi connectivity index (χ3v) is 4.29. The lowest BCUT2D eigenvalue weighted by Crippen LogP contribution is -2.14. The van der Waals surface area contributed by atoms with Gasteiger partial charge in [-0.1, -0.05) is 24.3 Å². The van der Waals surface area contributed by atoms with E-state index in [1.807, 2.05) is 36.4 Å². The number of anilines is 1.